The summed E-state index contributed by atoms with van der Waals surface area (Å²) in [6, 6.07) is 11.1. The van der Waals surface area contributed by atoms with Crippen molar-refractivity contribution in [2.45, 2.75) is 6.10 Å². The number of rotatable bonds is 4. The monoisotopic (exact) mass is 284 g/mol. The molecule has 1 aromatic carbocycles. The van der Waals surface area contributed by atoms with Crippen molar-refractivity contribution in [3.05, 3.63) is 60.0 Å². The van der Waals surface area contributed by atoms with Gasteiger partial charge in [0.2, 0.25) is 0 Å². The van der Waals surface area contributed by atoms with Gasteiger partial charge < -0.3 is 19.0 Å². The van der Waals surface area contributed by atoms with Gasteiger partial charge in [-0.05, 0) is 29.8 Å². The van der Waals surface area contributed by atoms with Crippen LogP contribution in [0.5, 0.6) is 11.5 Å². The van der Waals surface area contributed by atoms with Crippen LogP contribution in [-0.4, -0.2) is 28.7 Å². The van der Waals surface area contributed by atoms with Gasteiger partial charge >= 0.3 is 0 Å². The van der Waals surface area contributed by atoms with Gasteiger partial charge in [0, 0.05) is 12.4 Å². The Bertz CT molecular complexity index is 734. The Labute approximate surface area is 122 Å². The second-order valence-corrected chi connectivity index (χ2v) is 4.65. The van der Waals surface area contributed by atoms with Gasteiger partial charge in [-0.25, -0.2) is 4.98 Å². The Balaban J connectivity index is 1.99. The molecule has 1 N–H and O–H groups in total. The van der Waals surface area contributed by atoms with E-state index in [2.05, 4.69) is 4.98 Å². The average Bonchev–Trinajstić information content (AvgIpc) is 2.97. The van der Waals surface area contributed by atoms with E-state index in [-0.39, 0.29) is 0 Å². The molecule has 0 saturated heterocycles. The quantitative estimate of drug-likeness (QED) is 0.799. The molecular formula is C16H16N2O3. The minimum absolute atomic E-state index is 0.581. The SMILES string of the molecule is COc1ccc(C(O)c2cn3ccccc3n2)cc1OC. The predicted octanol–water partition coefficient (Wildman–Crippen LogP) is 2.43. The number of fused-ring (bicyclic) bond motifs is 1. The Morgan fingerprint density at radius 3 is 2.62 bits per heavy atom. The number of pyridine rings is 1. The zero-order valence-electron chi connectivity index (χ0n) is 11.9. The van der Waals surface area contributed by atoms with Gasteiger partial charge in [-0.15, -0.1) is 0 Å². The number of methoxy groups -OCH3 is 2. The number of aliphatic hydroxyl groups excluding tert-OH is 1. The summed E-state index contributed by atoms with van der Waals surface area (Å²) in [4.78, 5) is 4.43. The molecule has 0 spiro atoms. The topological polar surface area (TPSA) is 56.0 Å². The van der Waals surface area contributed by atoms with E-state index in [4.69, 9.17) is 9.47 Å². The molecule has 3 aromatic rings. The predicted molar refractivity (Wildman–Crippen MR) is 78.8 cm³/mol. The highest BCUT2D eigenvalue weighted by atomic mass is 16.5. The van der Waals surface area contributed by atoms with E-state index in [1.165, 1.54) is 0 Å². The fourth-order valence-corrected chi connectivity index (χ4v) is 2.28. The van der Waals surface area contributed by atoms with Crippen molar-refractivity contribution in [2.75, 3.05) is 14.2 Å². The van der Waals surface area contributed by atoms with Crippen LogP contribution in [0.4, 0.5) is 0 Å². The Kier molecular flexibility index (Phi) is 3.50. The maximum Gasteiger partial charge on any atom is 0.161 e. The molecule has 0 fully saturated rings. The van der Waals surface area contributed by atoms with Crippen molar-refractivity contribution in [1.82, 2.24) is 9.38 Å². The van der Waals surface area contributed by atoms with Crippen LogP contribution in [0.3, 0.4) is 0 Å². The fraction of sp³-hybridized carbons (Fsp3) is 0.188. The first-order valence-corrected chi connectivity index (χ1v) is 6.56. The standard InChI is InChI=1S/C16H16N2O3/c1-20-13-7-6-11(9-14(13)21-2)16(19)12-10-18-8-4-3-5-15(18)17-12/h3-10,16,19H,1-2H3. The maximum atomic E-state index is 10.5. The summed E-state index contributed by atoms with van der Waals surface area (Å²) in [5, 5.41) is 10.5. The molecule has 0 radical (unpaired) electrons. The van der Waals surface area contributed by atoms with Crippen molar-refractivity contribution in [3.8, 4) is 11.5 Å². The Morgan fingerprint density at radius 1 is 1.10 bits per heavy atom. The highest BCUT2D eigenvalue weighted by Crippen LogP contribution is 2.31. The molecule has 0 aliphatic heterocycles. The molecule has 2 aromatic heterocycles. The number of benzene rings is 1. The smallest absolute Gasteiger partial charge is 0.161 e. The van der Waals surface area contributed by atoms with Crippen LogP contribution in [0, 0.1) is 0 Å². The van der Waals surface area contributed by atoms with Gasteiger partial charge in [0.25, 0.3) is 0 Å². The first-order valence-electron chi connectivity index (χ1n) is 6.56. The van der Waals surface area contributed by atoms with Crippen molar-refractivity contribution >= 4 is 5.65 Å². The van der Waals surface area contributed by atoms with Gasteiger partial charge in [-0.2, -0.15) is 0 Å². The number of imidazole rings is 1. The molecule has 5 heteroatoms. The van der Waals surface area contributed by atoms with Gasteiger partial charge in [-0.3, -0.25) is 0 Å². The summed E-state index contributed by atoms with van der Waals surface area (Å²) >= 11 is 0. The molecule has 5 nitrogen and oxygen atoms in total. The highest BCUT2D eigenvalue weighted by Gasteiger charge is 2.16. The summed E-state index contributed by atoms with van der Waals surface area (Å²) in [7, 11) is 3.15. The molecule has 0 aliphatic carbocycles. The summed E-state index contributed by atoms with van der Waals surface area (Å²) in [5.74, 6) is 1.21. The molecule has 0 bridgehead atoms. The lowest BCUT2D eigenvalue weighted by Gasteiger charge is -2.12. The normalized spacial score (nSPS) is 12.3. The third kappa shape index (κ3) is 2.43. The summed E-state index contributed by atoms with van der Waals surface area (Å²) in [5.41, 5.74) is 2.09. The van der Waals surface area contributed by atoms with Crippen LogP contribution in [0.15, 0.2) is 48.8 Å². The highest BCUT2D eigenvalue weighted by molar-refractivity contribution is 5.46. The van der Waals surface area contributed by atoms with Gasteiger partial charge in [0.1, 0.15) is 11.8 Å². The number of hydrogen-bond acceptors (Lipinski definition) is 4. The Hall–Kier alpha value is -2.53. The second-order valence-electron chi connectivity index (χ2n) is 4.65. The van der Waals surface area contributed by atoms with Crippen molar-refractivity contribution in [2.24, 2.45) is 0 Å². The zero-order chi connectivity index (χ0) is 14.8. The van der Waals surface area contributed by atoms with Crippen LogP contribution in [0.1, 0.15) is 17.4 Å². The third-order valence-corrected chi connectivity index (χ3v) is 3.39. The Morgan fingerprint density at radius 2 is 1.90 bits per heavy atom. The molecule has 2 heterocycles. The lowest BCUT2D eigenvalue weighted by atomic mass is 10.1. The van der Waals surface area contributed by atoms with E-state index < -0.39 is 6.10 Å². The minimum atomic E-state index is -0.815. The number of aliphatic hydroxyl groups is 1. The first kappa shape index (κ1) is 13.5. The molecule has 0 amide bonds. The zero-order valence-corrected chi connectivity index (χ0v) is 11.9. The number of hydrogen-bond donors (Lipinski definition) is 1. The maximum absolute atomic E-state index is 10.5. The largest absolute Gasteiger partial charge is 0.493 e. The first-order chi connectivity index (χ1) is 10.2. The van der Waals surface area contributed by atoms with Crippen LogP contribution in [0.2, 0.25) is 0 Å². The van der Waals surface area contributed by atoms with Crippen LogP contribution >= 0.6 is 0 Å². The molecule has 0 aliphatic rings. The van der Waals surface area contributed by atoms with E-state index in [1.54, 1.807) is 32.4 Å². The number of ether oxygens (including phenoxy) is 2. The fourth-order valence-electron chi connectivity index (χ4n) is 2.28. The molecule has 1 unspecified atom stereocenters. The lowest BCUT2D eigenvalue weighted by Crippen LogP contribution is -2.01. The third-order valence-electron chi connectivity index (χ3n) is 3.39. The van der Waals surface area contributed by atoms with Gasteiger partial charge in [0.15, 0.2) is 11.5 Å². The summed E-state index contributed by atoms with van der Waals surface area (Å²) < 4.78 is 12.3. The molecule has 0 saturated carbocycles. The average molecular weight is 284 g/mol. The van der Waals surface area contributed by atoms with Crippen molar-refractivity contribution < 1.29 is 14.6 Å². The van der Waals surface area contributed by atoms with E-state index in [0.29, 0.717) is 22.8 Å². The van der Waals surface area contributed by atoms with Crippen LogP contribution in [-0.2, 0) is 0 Å². The van der Waals surface area contributed by atoms with Crippen LogP contribution < -0.4 is 9.47 Å². The van der Waals surface area contributed by atoms with Crippen LogP contribution in [0.25, 0.3) is 5.65 Å². The van der Waals surface area contributed by atoms with E-state index in [9.17, 15) is 5.11 Å². The van der Waals surface area contributed by atoms with Gasteiger partial charge in [-0.1, -0.05) is 12.1 Å². The minimum Gasteiger partial charge on any atom is -0.493 e. The van der Waals surface area contributed by atoms with Crippen molar-refractivity contribution in [3.63, 3.8) is 0 Å². The molecular weight excluding hydrogens is 268 g/mol. The molecule has 3 rings (SSSR count). The van der Waals surface area contributed by atoms with E-state index in [0.717, 1.165) is 5.65 Å². The van der Waals surface area contributed by atoms with E-state index >= 15 is 0 Å². The summed E-state index contributed by atoms with van der Waals surface area (Å²) in [6.07, 6.45) is 2.90. The number of nitrogens with zero attached hydrogens (tertiary/aromatic N) is 2. The molecule has 108 valence electrons. The summed E-state index contributed by atoms with van der Waals surface area (Å²) in [6.45, 7) is 0. The molecule has 1 atom stereocenters. The van der Waals surface area contributed by atoms with E-state index in [1.807, 2.05) is 35.0 Å². The lowest BCUT2D eigenvalue weighted by molar-refractivity contribution is 0.215. The molecule has 21 heavy (non-hydrogen) atoms. The second kappa shape index (κ2) is 5.46. The number of aromatic nitrogens is 2. The van der Waals surface area contributed by atoms with Crippen molar-refractivity contribution in [1.29, 1.82) is 0 Å². The van der Waals surface area contributed by atoms with Gasteiger partial charge in [0.05, 0.1) is 19.9 Å².